The van der Waals surface area contributed by atoms with Gasteiger partial charge in [-0.25, -0.2) is 4.79 Å². The lowest BCUT2D eigenvalue weighted by Crippen LogP contribution is -2.55. The molecule has 3 aliphatic heterocycles. The molecule has 1 aromatic carbocycles. The fraction of sp³-hybridized carbons (Fsp3) is 0.667. The number of fused-ring (bicyclic) bond motifs is 2. The second-order valence-corrected chi connectivity index (χ2v) is 10.7. The van der Waals surface area contributed by atoms with Crippen molar-refractivity contribution >= 4 is 17.8 Å². The summed E-state index contributed by atoms with van der Waals surface area (Å²) in [7, 11) is 1.92. The fourth-order valence-electron chi connectivity index (χ4n) is 6.01. The van der Waals surface area contributed by atoms with Crippen molar-refractivity contribution < 1.29 is 23.9 Å². The van der Waals surface area contributed by atoms with E-state index in [1.165, 1.54) is 19.3 Å². The van der Waals surface area contributed by atoms with E-state index in [4.69, 9.17) is 9.47 Å². The number of piperidine rings is 1. The van der Waals surface area contributed by atoms with E-state index in [9.17, 15) is 14.4 Å². The van der Waals surface area contributed by atoms with Crippen molar-refractivity contribution in [2.75, 3.05) is 46.3 Å². The molecule has 190 valence electrons. The summed E-state index contributed by atoms with van der Waals surface area (Å²) < 4.78 is 11.9. The van der Waals surface area contributed by atoms with Crippen LogP contribution in [0.15, 0.2) is 18.2 Å². The summed E-state index contributed by atoms with van der Waals surface area (Å²) in [5, 5.41) is 0. The number of carbonyl (C=O) groups is 3. The number of rotatable bonds is 6. The first kappa shape index (κ1) is 24.1. The summed E-state index contributed by atoms with van der Waals surface area (Å²) in [6.45, 7) is 6.70. The lowest BCUT2D eigenvalue weighted by molar-refractivity contribution is -0.138. The van der Waals surface area contributed by atoms with E-state index in [-0.39, 0.29) is 29.8 Å². The second-order valence-electron chi connectivity index (χ2n) is 10.7. The van der Waals surface area contributed by atoms with Crippen LogP contribution >= 0.6 is 0 Å². The highest BCUT2D eigenvalue weighted by atomic mass is 16.6. The third kappa shape index (κ3) is 4.90. The molecule has 0 N–H and O–H groups in total. The molecule has 0 atom stereocenters. The van der Waals surface area contributed by atoms with E-state index in [0.717, 1.165) is 44.6 Å². The van der Waals surface area contributed by atoms with Gasteiger partial charge in [-0.3, -0.25) is 9.59 Å². The molecule has 2 amide bonds. The van der Waals surface area contributed by atoms with Gasteiger partial charge in [0.05, 0.1) is 18.7 Å². The van der Waals surface area contributed by atoms with Gasteiger partial charge in [0.15, 0.2) is 0 Å². The van der Waals surface area contributed by atoms with E-state index in [1.54, 1.807) is 17.9 Å². The van der Waals surface area contributed by atoms with Crippen LogP contribution in [0.2, 0.25) is 0 Å². The zero-order chi connectivity index (χ0) is 24.6. The third-order valence-corrected chi connectivity index (χ3v) is 8.31. The van der Waals surface area contributed by atoms with Gasteiger partial charge in [-0.15, -0.1) is 0 Å². The number of hydrogen-bond acceptors (Lipinski definition) is 6. The number of nitrogens with zero attached hydrogens (tertiary/aromatic N) is 3. The van der Waals surface area contributed by atoms with Gasteiger partial charge in [0.2, 0.25) is 11.8 Å². The Morgan fingerprint density at radius 3 is 2.54 bits per heavy atom. The monoisotopic (exact) mass is 483 g/mol. The van der Waals surface area contributed by atoms with Gasteiger partial charge in [-0.1, -0.05) is 12.5 Å². The van der Waals surface area contributed by atoms with Crippen molar-refractivity contribution in [3.63, 3.8) is 0 Å². The van der Waals surface area contributed by atoms with Crippen LogP contribution in [0.5, 0.6) is 5.75 Å². The minimum absolute atomic E-state index is 0.0137. The van der Waals surface area contributed by atoms with E-state index in [0.29, 0.717) is 37.2 Å². The Morgan fingerprint density at radius 2 is 1.86 bits per heavy atom. The average Bonchev–Trinajstić information content (AvgIpc) is 3.10. The molecule has 3 heterocycles. The molecular weight excluding hydrogens is 446 g/mol. The third-order valence-electron chi connectivity index (χ3n) is 8.31. The van der Waals surface area contributed by atoms with Crippen LogP contribution in [-0.4, -0.2) is 84.9 Å². The van der Waals surface area contributed by atoms with Crippen LogP contribution in [0.4, 0.5) is 0 Å². The highest BCUT2D eigenvalue weighted by molar-refractivity contribution is 5.95. The molecule has 4 aliphatic rings. The summed E-state index contributed by atoms with van der Waals surface area (Å²) >= 11 is 0. The number of benzene rings is 1. The second kappa shape index (κ2) is 9.80. The minimum atomic E-state index is -0.629. The molecule has 1 aliphatic carbocycles. The number of amides is 2. The van der Waals surface area contributed by atoms with Crippen molar-refractivity contribution in [2.45, 2.75) is 63.6 Å². The molecule has 0 bridgehead atoms. The van der Waals surface area contributed by atoms with Gasteiger partial charge in [-0.05, 0) is 63.7 Å². The van der Waals surface area contributed by atoms with E-state index in [1.807, 2.05) is 24.1 Å². The highest BCUT2D eigenvalue weighted by Gasteiger charge is 2.49. The van der Waals surface area contributed by atoms with E-state index < -0.39 is 5.60 Å². The fourth-order valence-corrected chi connectivity index (χ4v) is 6.01. The Kier molecular flexibility index (Phi) is 6.75. The zero-order valence-electron chi connectivity index (χ0n) is 21.0. The summed E-state index contributed by atoms with van der Waals surface area (Å²) in [5.74, 6) is 0.565. The van der Waals surface area contributed by atoms with E-state index in [2.05, 4.69) is 4.90 Å². The molecular formula is C27H37N3O5. The Labute approximate surface area is 207 Å². The molecule has 0 aromatic heterocycles. The first-order valence-corrected chi connectivity index (χ1v) is 13.1. The lowest BCUT2D eigenvalue weighted by atomic mass is 9.74. The molecule has 1 aromatic rings. The predicted octanol–water partition coefficient (Wildman–Crippen LogP) is 2.80. The Bertz CT molecular complexity index is 975. The van der Waals surface area contributed by atoms with Crippen LogP contribution in [-0.2, 0) is 19.9 Å². The summed E-state index contributed by atoms with van der Waals surface area (Å²) in [6.07, 6.45) is 6.57. The van der Waals surface area contributed by atoms with Crippen LogP contribution in [0.25, 0.3) is 0 Å². The van der Waals surface area contributed by atoms with Crippen molar-refractivity contribution in [3.8, 4) is 5.75 Å². The number of esters is 1. The quantitative estimate of drug-likeness (QED) is 0.579. The van der Waals surface area contributed by atoms with Gasteiger partial charge < -0.3 is 24.2 Å². The maximum atomic E-state index is 13.1. The highest BCUT2D eigenvalue weighted by Crippen LogP contribution is 2.49. The van der Waals surface area contributed by atoms with Crippen molar-refractivity contribution in [1.82, 2.24) is 14.7 Å². The number of carbonyl (C=O) groups excluding carboxylic acids is 3. The maximum absolute atomic E-state index is 13.1. The molecule has 0 radical (unpaired) electrons. The van der Waals surface area contributed by atoms with Crippen LogP contribution in [0.1, 0.15) is 67.8 Å². The molecule has 3 fully saturated rings. The minimum Gasteiger partial charge on any atom is -0.487 e. The Balaban J connectivity index is 1.16. The van der Waals surface area contributed by atoms with Crippen molar-refractivity contribution in [3.05, 3.63) is 29.3 Å². The van der Waals surface area contributed by atoms with Gasteiger partial charge in [0.1, 0.15) is 17.5 Å². The smallest absolute Gasteiger partial charge is 0.339 e. The number of ether oxygens (including phenoxy) is 2. The lowest BCUT2D eigenvalue weighted by Gasteiger charge is -2.38. The molecule has 8 nitrogen and oxygen atoms in total. The molecule has 35 heavy (non-hydrogen) atoms. The first-order chi connectivity index (χ1) is 16.8. The summed E-state index contributed by atoms with van der Waals surface area (Å²) in [5.41, 5.74) is 0.850. The zero-order valence-corrected chi connectivity index (χ0v) is 21.0. The summed E-state index contributed by atoms with van der Waals surface area (Å²) in [6, 6.07) is 5.61. The molecule has 1 saturated carbocycles. The molecule has 8 heteroatoms. The number of likely N-dealkylation sites (N-methyl/N-ethyl adjacent to an activating group) is 1. The van der Waals surface area contributed by atoms with Gasteiger partial charge in [0, 0.05) is 38.5 Å². The first-order valence-electron chi connectivity index (χ1n) is 13.1. The topological polar surface area (TPSA) is 79.4 Å². The number of likely N-dealkylation sites (tertiary alicyclic amines) is 2. The normalized spacial score (nSPS) is 26.7. The predicted molar refractivity (Wildman–Crippen MR) is 130 cm³/mol. The largest absolute Gasteiger partial charge is 0.487 e. The van der Waals surface area contributed by atoms with Crippen LogP contribution in [0, 0.1) is 5.92 Å². The molecule has 2 saturated heterocycles. The van der Waals surface area contributed by atoms with Gasteiger partial charge >= 0.3 is 5.97 Å². The van der Waals surface area contributed by atoms with Crippen molar-refractivity contribution in [1.29, 1.82) is 0 Å². The van der Waals surface area contributed by atoms with Gasteiger partial charge in [0.25, 0.3) is 0 Å². The Hall–Kier alpha value is -2.61. The Morgan fingerprint density at radius 1 is 1.14 bits per heavy atom. The number of hydrogen-bond donors (Lipinski definition) is 0. The molecule has 5 rings (SSSR count). The average molecular weight is 484 g/mol. The van der Waals surface area contributed by atoms with Crippen LogP contribution in [0.3, 0.4) is 0 Å². The standard InChI is InChI=1S/C27H37N3O5/c1-19(31)30-17-22(18-30)34-21-6-7-24-23(16-21)26(33)35-27(24)10-8-20(9-11-27)25(32)28(2)14-15-29-12-4-3-5-13-29/h6-7,16,20,22H,3-5,8-15,17-18H2,1-2H3. The van der Waals surface area contributed by atoms with Crippen molar-refractivity contribution in [2.24, 2.45) is 5.92 Å². The van der Waals surface area contributed by atoms with Gasteiger partial charge in [-0.2, -0.15) is 0 Å². The summed E-state index contributed by atoms with van der Waals surface area (Å²) in [4.78, 5) is 43.3. The van der Waals surface area contributed by atoms with E-state index >= 15 is 0 Å². The molecule has 1 spiro atoms. The SMILES string of the molecule is CC(=O)N1CC(Oc2ccc3c(c2)C(=O)OC32CCC(C(=O)N(C)CCN3CCCCC3)CC2)C1. The maximum Gasteiger partial charge on any atom is 0.339 e. The van der Waals surface area contributed by atoms with Crippen LogP contribution < -0.4 is 4.74 Å². The molecule has 0 unspecified atom stereocenters.